The zero-order valence-electron chi connectivity index (χ0n) is 13.5. The monoisotopic (exact) mass is 305 g/mol. The number of carbonyl (C=O) groups is 1. The first kappa shape index (κ1) is 17.0. The van der Waals surface area contributed by atoms with Crippen LogP contribution in [0, 0.1) is 5.92 Å². The summed E-state index contributed by atoms with van der Waals surface area (Å²) in [7, 11) is 1.83. The lowest BCUT2D eigenvalue weighted by Gasteiger charge is -2.35. The van der Waals surface area contributed by atoms with Gasteiger partial charge < -0.3 is 15.1 Å². The van der Waals surface area contributed by atoms with Gasteiger partial charge in [-0.1, -0.05) is 30.3 Å². The van der Waals surface area contributed by atoms with E-state index < -0.39 is 5.60 Å². The van der Waals surface area contributed by atoms with Gasteiger partial charge in [-0.2, -0.15) is 0 Å². The van der Waals surface area contributed by atoms with Crippen molar-refractivity contribution in [2.24, 2.45) is 5.92 Å². The van der Waals surface area contributed by atoms with Crippen molar-refractivity contribution in [3.05, 3.63) is 35.9 Å². The van der Waals surface area contributed by atoms with Gasteiger partial charge in [0.15, 0.2) is 0 Å². The van der Waals surface area contributed by atoms with E-state index in [-0.39, 0.29) is 25.0 Å². The lowest BCUT2D eigenvalue weighted by Crippen LogP contribution is -2.42. The molecule has 1 amide bonds. The van der Waals surface area contributed by atoms with Crippen LogP contribution >= 0.6 is 0 Å². The van der Waals surface area contributed by atoms with Crippen molar-refractivity contribution in [2.75, 3.05) is 13.7 Å². The van der Waals surface area contributed by atoms with Gasteiger partial charge in [0.25, 0.3) is 0 Å². The molecule has 1 saturated carbocycles. The van der Waals surface area contributed by atoms with Crippen LogP contribution in [0.25, 0.3) is 0 Å². The van der Waals surface area contributed by atoms with Crippen molar-refractivity contribution in [1.82, 2.24) is 4.90 Å². The molecule has 4 nitrogen and oxygen atoms in total. The zero-order valence-corrected chi connectivity index (χ0v) is 13.5. The van der Waals surface area contributed by atoms with Gasteiger partial charge in [-0.25, -0.2) is 0 Å². The Morgan fingerprint density at radius 2 is 1.82 bits per heavy atom. The SMILES string of the molecule is CN(C(=O)CC(C)(O)c1ccccc1)C1CCC(CO)CC1. The highest BCUT2D eigenvalue weighted by molar-refractivity contribution is 5.77. The molecule has 22 heavy (non-hydrogen) atoms. The predicted molar refractivity (Wildman–Crippen MR) is 86.2 cm³/mol. The molecule has 122 valence electrons. The molecular weight excluding hydrogens is 278 g/mol. The molecule has 0 heterocycles. The van der Waals surface area contributed by atoms with E-state index in [2.05, 4.69) is 0 Å². The third kappa shape index (κ3) is 4.08. The van der Waals surface area contributed by atoms with Gasteiger partial charge in [0, 0.05) is 19.7 Å². The summed E-state index contributed by atoms with van der Waals surface area (Å²) >= 11 is 0. The number of nitrogens with zero attached hydrogens (tertiary/aromatic N) is 1. The Morgan fingerprint density at radius 3 is 2.36 bits per heavy atom. The molecule has 1 atom stereocenters. The van der Waals surface area contributed by atoms with Gasteiger partial charge >= 0.3 is 0 Å². The summed E-state index contributed by atoms with van der Waals surface area (Å²) < 4.78 is 0. The normalized spacial score (nSPS) is 24.5. The average molecular weight is 305 g/mol. The van der Waals surface area contributed by atoms with E-state index in [1.54, 1.807) is 11.8 Å². The van der Waals surface area contributed by atoms with Crippen LogP contribution in [0.2, 0.25) is 0 Å². The number of aliphatic hydroxyl groups excluding tert-OH is 1. The van der Waals surface area contributed by atoms with E-state index in [1.165, 1.54) is 0 Å². The van der Waals surface area contributed by atoms with E-state index in [0.29, 0.717) is 5.92 Å². The van der Waals surface area contributed by atoms with E-state index in [0.717, 1.165) is 31.2 Å². The zero-order chi connectivity index (χ0) is 16.2. The molecule has 1 aromatic carbocycles. The number of hydrogen-bond acceptors (Lipinski definition) is 3. The summed E-state index contributed by atoms with van der Waals surface area (Å²) in [5.74, 6) is 0.355. The fourth-order valence-corrected chi connectivity index (χ4v) is 3.24. The number of aliphatic hydroxyl groups is 2. The first-order chi connectivity index (χ1) is 10.4. The van der Waals surface area contributed by atoms with Gasteiger partial charge in [-0.15, -0.1) is 0 Å². The number of rotatable bonds is 5. The Balaban J connectivity index is 1.94. The summed E-state index contributed by atoms with van der Waals surface area (Å²) in [6.45, 7) is 1.93. The Morgan fingerprint density at radius 1 is 1.23 bits per heavy atom. The Kier molecular flexibility index (Phi) is 5.59. The molecule has 0 bridgehead atoms. The van der Waals surface area contributed by atoms with Gasteiger partial charge in [0.2, 0.25) is 5.91 Å². The number of carbonyl (C=O) groups excluding carboxylic acids is 1. The van der Waals surface area contributed by atoms with Crippen LogP contribution in [0.4, 0.5) is 0 Å². The highest BCUT2D eigenvalue weighted by Crippen LogP contribution is 2.29. The Labute approximate surface area is 132 Å². The van der Waals surface area contributed by atoms with Gasteiger partial charge in [0.1, 0.15) is 0 Å². The van der Waals surface area contributed by atoms with Crippen molar-refractivity contribution in [2.45, 2.75) is 50.7 Å². The van der Waals surface area contributed by atoms with E-state index in [1.807, 2.05) is 37.4 Å². The minimum absolute atomic E-state index is 0.0266. The Hall–Kier alpha value is -1.39. The largest absolute Gasteiger partial charge is 0.396 e. The third-order valence-electron chi connectivity index (χ3n) is 4.91. The second-order valence-corrected chi connectivity index (χ2v) is 6.68. The molecular formula is C18H27NO3. The minimum Gasteiger partial charge on any atom is -0.396 e. The van der Waals surface area contributed by atoms with Gasteiger partial charge in [-0.05, 0) is 44.1 Å². The number of amides is 1. The van der Waals surface area contributed by atoms with Crippen molar-refractivity contribution in [3.8, 4) is 0 Å². The molecule has 2 N–H and O–H groups in total. The van der Waals surface area contributed by atoms with Crippen molar-refractivity contribution in [1.29, 1.82) is 0 Å². The highest BCUT2D eigenvalue weighted by atomic mass is 16.3. The lowest BCUT2D eigenvalue weighted by molar-refractivity contribution is -0.137. The summed E-state index contributed by atoms with van der Waals surface area (Å²) in [5.41, 5.74) is -0.379. The standard InChI is InChI=1S/C18H27NO3/c1-18(22,15-6-4-3-5-7-15)12-17(21)19(2)16-10-8-14(13-20)9-11-16/h3-7,14,16,20,22H,8-13H2,1-2H3. The van der Waals surface area contributed by atoms with Gasteiger partial charge in [-0.3, -0.25) is 4.79 Å². The van der Waals surface area contributed by atoms with Crippen LogP contribution in [-0.2, 0) is 10.4 Å². The first-order valence-electron chi connectivity index (χ1n) is 8.08. The molecule has 1 aliphatic carbocycles. The summed E-state index contributed by atoms with van der Waals surface area (Å²) in [6, 6.07) is 9.55. The second-order valence-electron chi connectivity index (χ2n) is 6.68. The van der Waals surface area contributed by atoms with Crippen LogP contribution in [0.15, 0.2) is 30.3 Å². The molecule has 0 aromatic heterocycles. The fourth-order valence-electron chi connectivity index (χ4n) is 3.24. The second kappa shape index (κ2) is 7.25. The fraction of sp³-hybridized carbons (Fsp3) is 0.611. The summed E-state index contributed by atoms with van der Waals surface area (Å²) in [4.78, 5) is 14.3. The van der Waals surface area contributed by atoms with E-state index >= 15 is 0 Å². The topological polar surface area (TPSA) is 60.8 Å². The maximum atomic E-state index is 12.5. The molecule has 0 radical (unpaired) electrons. The molecule has 4 heteroatoms. The number of benzene rings is 1. The molecule has 1 unspecified atom stereocenters. The van der Waals surface area contributed by atoms with E-state index in [9.17, 15) is 15.0 Å². The Bertz CT molecular complexity index is 478. The predicted octanol–water partition coefficient (Wildman–Crippen LogP) is 2.29. The highest BCUT2D eigenvalue weighted by Gasteiger charge is 2.31. The van der Waals surface area contributed by atoms with Crippen LogP contribution in [-0.4, -0.2) is 40.7 Å². The maximum absolute atomic E-state index is 12.5. The smallest absolute Gasteiger partial charge is 0.225 e. The van der Waals surface area contributed by atoms with E-state index in [4.69, 9.17) is 0 Å². The molecule has 1 fully saturated rings. The molecule has 0 saturated heterocycles. The van der Waals surface area contributed by atoms with Crippen molar-refractivity contribution < 1.29 is 15.0 Å². The van der Waals surface area contributed by atoms with Crippen LogP contribution in [0.3, 0.4) is 0 Å². The molecule has 0 spiro atoms. The average Bonchev–Trinajstić information content (AvgIpc) is 2.54. The minimum atomic E-state index is -1.14. The molecule has 1 aromatic rings. The molecule has 0 aliphatic heterocycles. The van der Waals surface area contributed by atoms with Crippen LogP contribution < -0.4 is 0 Å². The summed E-state index contributed by atoms with van der Waals surface area (Å²) in [5, 5.41) is 19.8. The third-order valence-corrected chi connectivity index (χ3v) is 4.91. The van der Waals surface area contributed by atoms with Crippen molar-refractivity contribution in [3.63, 3.8) is 0 Å². The molecule has 2 rings (SSSR count). The number of hydrogen-bond donors (Lipinski definition) is 2. The summed E-state index contributed by atoms with van der Waals surface area (Å²) in [6.07, 6.45) is 3.89. The maximum Gasteiger partial charge on any atom is 0.225 e. The first-order valence-corrected chi connectivity index (χ1v) is 8.08. The molecule has 1 aliphatic rings. The van der Waals surface area contributed by atoms with Gasteiger partial charge in [0.05, 0.1) is 12.0 Å². The van der Waals surface area contributed by atoms with Crippen LogP contribution in [0.1, 0.15) is 44.6 Å². The van der Waals surface area contributed by atoms with Crippen LogP contribution in [0.5, 0.6) is 0 Å². The lowest BCUT2D eigenvalue weighted by atomic mass is 9.85. The van der Waals surface area contributed by atoms with Crippen molar-refractivity contribution >= 4 is 5.91 Å². The quantitative estimate of drug-likeness (QED) is 0.877.